The van der Waals surface area contributed by atoms with E-state index in [4.69, 9.17) is 9.90 Å². The van der Waals surface area contributed by atoms with Gasteiger partial charge < -0.3 is 19.8 Å². The molecule has 0 heterocycles. The second-order valence-corrected chi connectivity index (χ2v) is 3.06. The molecule has 88 valence electrons. The van der Waals surface area contributed by atoms with Crippen molar-refractivity contribution in [3.05, 3.63) is 12.7 Å². The van der Waals surface area contributed by atoms with Crippen LogP contribution in [0.2, 0.25) is 0 Å². The SMILES string of the molecule is C=CC(=O)[O-].CCCCCCCC(=O)[O-].[Mg+2]. The zero-order valence-electron chi connectivity index (χ0n) is 9.87. The van der Waals surface area contributed by atoms with Crippen LogP contribution in [0.1, 0.15) is 45.4 Å². The first-order chi connectivity index (χ1) is 7.04. The van der Waals surface area contributed by atoms with Gasteiger partial charge in [0.05, 0.1) is 5.97 Å². The molecule has 0 aromatic heterocycles. The van der Waals surface area contributed by atoms with E-state index >= 15 is 0 Å². The van der Waals surface area contributed by atoms with Crippen molar-refractivity contribution in [1.82, 2.24) is 0 Å². The molecular weight excluding hydrogens is 220 g/mol. The maximum Gasteiger partial charge on any atom is 2.00 e. The van der Waals surface area contributed by atoms with Crippen LogP contribution in [0.5, 0.6) is 0 Å². The standard InChI is InChI=1S/C8H16O2.C3H4O2.Mg/c1-2-3-4-5-6-7-8(9)10;1-2-3(4)5;/h2-7H2,1H3,(H,9,10);2H,1H2,(H,4,5);/q;;+2/p-2. The van der Waals surface area contributed by atoms with Crippen LogP contribution in [-0.4, -0.2) is 35.0 Å². The van der Waals surface area contributed by atoms with Crippen LogP contribution in [-0.2, 0) is 9.59 Å². The number of carboxylic acids is 2. The number of hydrogen-bond acceptors (Lipinski definition) is 4. The molecule has 0 saturated carbocycles. The third-order valence-electron chi connectivity index (χ3n) is 1.65. The summed E-state index contributed by atoms with van der Waals surface area (Å²) in [6.45, 7) is 5.04. The Balaban J connectivity index is -0.000000242. The molecule has 0 aliphatic heterocycles. The fourth-order valence-electron chi connectivity index (χ4n) is 0.873. The average Bonchev–Trinajstić information content (AvgIpc) is 2.18. The predicted octanol–water partition coefficient (Wildman–Crippen LogP) is -0.362. The minimum atomic E-state index is -1.23. The Kier molecular flexibility index (Phi) is 21.9. The van der Waals surface area contributed by atoms with Gasteiger partial charge in [-0.25, -0.2) is 0 Å². The van der Waals surface area contributed by atoms with Gasteiger partial charge in [0.25, 0.3) is 0 Å². The van der Waals surface area contributed by atoms with Gasteiger partial charge in [-0.3, -0.25) is 0 Å². The van der Waals surface area contributed by atoms with Crippen LogP contribution < -0.4 is 10.2 Å². The van der Waals surface area contributed by atoms with E-state index in [9.17, 15) is 9.90 Å². The topological polar surface area (TPSA) is 80.3 Å². The molecule has 0 unspecified atom stereocenters. The summed E-state index contributed by atoms with van der Waals surface area (Å²) >= 11 is 0. The third-order valence-corrected chi connectivity index (χ3v) is 1.65. The predicted molar refractivity (Wildman–Crippen MR) is 59.3 cm³/mol. The normalized spacial score (nSPS) is 8.06. The summed E-state index contributed by atoms with van der Waals surface area (Å²) in [7, 11) is 0. The van der Waals surface area contributed by atoms with Gasteiger partial charge in [0.15, 0.2) is 0 Å². The number of carboxylic acid groups (broad SMARTS) is 2. The number of rotatable bonds is 7. The van der Waals surface area contributed by atoms with E-state index in [0.29, 0.717) is 0 Å². The maximum atomic E-state index is 9.92. The molecule has 0 aliphatic carbocycles. The number of aliphatic carboxylic acids is 2. The molecular formula is C11H18MgO4. The van der Waals surface area contributed by atoms with Gasteiger partial charge in [-0.1, -0.05) is 39.2 Å². The van der Waals surface area contributed by atoms with Crippen molar-refractivity contribution >= 4 is 35.0 Å². The van der Waals surface area contributed by atoms with E-state index in [1.807, 2.05) is 0 Å². The Morgan fingerprint density at radius 2 is 1.56 bits per heavy atom. The van der Waals surface area contributed by atoms with Crippen LogP contribution in [0.25, 0.3) is 0 Å². The summed E-state index contributed by atoms with van der Waals surface area (Å²) in [5.74, 6) is -2.15. The Labute approximate surface area is 113 Å². The molecule has 0 spiro atoms. The molecule has 0 fully saturated rings. The molecule has 0 aromatic carbocycles. The first-order valence-corrected chi connectivity index (χ1v) is 5.07. The van der Waals surface area contributed by atoms with Crippen LogP contribution in [0.3, 0.4) is 0 Å². The molecule has 16 heavy (non-hydrogen) atoms. The van der Waals surface area contributed by atoms with Gasteiger partial charge >= 0.3 is 23.1 Å². The number of carbonyl (C=O) groups excluding carboxylic acids is 2. The van der Waals surface area contributed by atoms with Crippen molar-refractivity contribution in [2.45, 2.75) is 45.4 Å². The summed E-state index contributed by atoms with van der Waals surface area (Å²) in [5, 5.41) is 19.1. The van der Waals surface area contributed by atoms with Crippen LogP contribution in [0, 0.1) is 0 Å². The van der Waals surface area contributed by atoms with E-state index in [2.05, 4.69) is 13.5 Å². The third kappa shape index (κ3) is 29.2. The molecule has 0 amide bonds. The van der Waals surface area contributed by atoms with Crippen molar-refractivity contribution in [1.29, 1.82) is 0 Å². The van der Waals surface area contributed by atoms with Crippen molar-refractivity contribution in [2.75, 3.05) is 0 Å². The largest absolute Gasteiger partial charge is 2.00 e. The second kappa shape index (κ2) is 16.9. The molecule has 0 radical (unpaired) electrons. The van der Waals surface area contributed by atoms with E-state index in [0.717, 1.165) is 25.3 Å². The molecule has 4 nitrogen and oxygen atoms in total. The Morgan fingerprint density at radius 1 is 1.12 bits per heavy atom. The summed E-state index contributed by atoms with van der Waals surface area (Å²) in [5.41, 5.74) is 0. The van der Waals surface area contributed by atoms with Crippen molar-refractivity contribution in [3.8, 4) is 0 Å². The molecule has 5 heteroatoms. The summed E-state index contributed by atoms with van der Waals surface area (Å²) in [6, 6.07) is 0. The minimum Gasteiger partial charge on any atom is -0.550 e. The smallest absolute Gasteiger partial charge is 0.550 e. The van der Waals surface area contributed by atoms with Crippen molar-refractivity contribution in [2.24, 2.45) is 0 Å². The minimum absolute atomic E-state index is 0. The van der Waals surface area contributed by atoms with Crippen LogP contribution in [0.4, 0.5) is 0 Å². The zero-order valence-corrected chi connectivity index (χ0v) is 11.3. The molecule has 0 rings (SSSR count). The molecule has 0 saturated heterocycles. The summed E-state index contributed by atoms with van der Waals surface area (Å²) in [4.78, 5) is 19.1. The number of carbonyl (C=O) groups is 2. The van der Waals surface area contributed by atoms with Gasteiger partial charge in [0.1, 0.15) is 0 Å². The number of hydrogen-bond donors (Lipinski definition) is 0. The number of unbranched alkanes of at least 4 members (excludes halogenated alkanes) is 4. The first-order valence-electron chi connectivity index (χ1n) is 5.07. The van der Waals surface area contributed by atoms with E-state index in [1.54, 1.807) is 0 Å². The monoisotopic (exact) mass is 238 g/mol. The van der Waals surface area contributed by atoms with Crippen molar-refractivity contribution < 1.29 is 19.8 Å². The van der Waals surface area contributed by atoms with Crippen molar-refractivity contribution in [3.63, 3.8) is 0 Å². The fourth-order valence-corrected chi connectivity index (χ4v) is 0.873. The summed E-state index contributed by atoms with van der Waals surface area (Å²) in [6.07, 6.45) is 6.33. The molecule has 0 bridgehead atoms. The average molecular weight is 239 g/mol. The fraction of sp³-hybridized carbons (Fsp3) is 0.636. The first kappa shape index (κ1) is 20.8. The van der Waals surface area contributed by atoms with Gasteiger partial charge in [-0.05, 0) is 18.9 Å². The molecule has 0 atom stereocenters. The summed E-state index contributed by atoms with van der Waals surface area (Å²) < 4.78 is 0. The molecule has 0 aromatic rings. The van der Waals surface area contributed by atoms with E-state index < -0.39 is 11.9 Å². The maximum absolute atomic E-state index is 9.92. The van der Waals surface area contributed by atoms with E-state index in [-0.39, 0.29) is 29.5 Å². The molecule has 0 N–H and O–H groups in total. The van der Waals surface area contributed by atoms with Gasteiger partial charge in [0.2, 0.25) is 0 Å². The zero-order chi connectivity index (χ0) is 12.1. The van der Waals surface area contributed by atoms with Crippen LogP contribution >= 0.6 is 0 Å². The van der Waals surface area contributed by atoms with E-state index in [1.165, 1.54) is 12.8 Å². The van der Waals surface area contributed by atoms with Gasteiger partial charge in [-0.2, -0.15) is 0 Å². The van der Waals surface area contributed by atoms with Gasteiger partial charge in [0, 0.05) is 5.97 Å². The second-order valence-electron chi connectivity index (χ2n) is 3.06. The molecule has 0 aliphatic rings. The van der Waals surface area contributed by atoms with Gasteiger partial charge in [-0.15, -0.1) is 0 Å². The Bertz CT molecular complexity index is 192. The Morgan fingerprint density at radius 3 is 1.88 bits per heavy atom. The Hall–Kier alpha value is -0.554. The quantitative estimate of drug-likeness (QED) is 0.345. The van der Waals surface area contributed by atoms with Crippen LogP contribution in [0.15, 0.2) is 12.7 Å².